The Labute approximate surface area is 197 Å². The Morgan fingerprint density at radius 1 is 0.971 bits per heavy atom. The predicted molar refractivity (Wildman–Crippen MR) is 129 cm³/mol. The van der Waals surface area contributed by atoms with Crippen molar-refractivity contribution in [2.45, 2.75) is 20.4 Å². The molecule has 0 bridgehead atoms. The van der Waals surface area contributed by atoms with Gasteiger partial charge in [-0.05, 0) is 60.5 Å². The van der Waals surface area contributed by atoms with Crippen LogP contribution in [0, 0.1) is 0 Å². The number of rotatable bonds is 8. The molecule has 8 heteroatoms. The molecule has 0 aliphatic carbocycles. The largest absolute Gasteiger partial charge is 0.494 e. The molecule has 1 aromatic heterocycles. The van der Waals surface area contributed by atoms with Gasteiger partial charge in [-0.1, -0.05) is 18.2 Å². The van der Waals surface area contributed by atoms with E-state index in [2.05, 4.69) is 15.6 Å². The Balaban J connectivity index is 1.69. The molecule has 2 N–H and O–H groups in total. The van der Waals surface area contributed by atoms with Crippen LogP contribution in [0.2, 0.25) is 0 Å². The molecule has 172 valence electrons. The van der Waals surface area contributed by atoms with Crippen molar-refractivity contribution in [3.05, 3.63) is 89.9 Å². The second-order valence-corrected chi connectivity index (χ2v) is 7.65. The predicted octanol–water partition coefficient (Wildman–Crippen LogP) is 3.83. The van der Waals surface area contributed by atoms with E-state index in [1.807, 2.05) is 13.0 Å². The number of anilines is 2. The number of carbonyl (C=O) groups excluding carboxylic acids is 3. The zero-order chi connectivity index (χ0) is 24.1. The minimum absolute atomic E-state index is 0.105. The van der Waals surface area contributed by atoms with E-state index < -0.39 is 11.8 Å². The Bertz CT molecular complexity index is 1240. The van der Waals surface area contributed by atoms with Crippen LogP contribution < -0.4 is 15.4 Å². The first-order valence-electron chi connectivity index (χ1n) is 10.8. The minimum Gasteiger partial charge on any atom is -0.494 e. The summed E-state index contributed by atoms with van der Waals surface area (Å²) in [7, 11) is 0. The normalized spacial score (nSPS) is 13.3. The van der Waals surface area contributed by atoms with Crippen LogP contribution in [0.25, 0.3) is 5.57 Å². The summed E-state index contributed by atoms with van der Waals surface area (Å²) in [5, 5.41) is 5.83. The highest BCUT2D eigenvalue weighted by Gasteiger charge is 2.39. The lowest BCUT2D eigenvalue weighted by Crippen LogP contribution is -2.32. The topological polar surface area (TPSA) is 101 Å². The van der Waals surface area contributed by atoms with Gasteiger partial charge < -0.3 is 15.4 Å². The highest BCUT2D eigenvalue weighted by Crippen LogP contribution is 2.32. The number of benzene rings is 2. The van der Waals surface area contributed by atoms with Gasteiger partial charge in [0.2, 0.25) is 5.91 Å². The van der Waals surface area contributed by atoms with E-state index >= 15 is 0 Å². The number of imide groups is 1. The molecule has 3 aromatic rings. The number of ether oxygens (including phenoxy) is 1. The number of amides is 3. The van der Waals surface area contributed by atoms with Crippen LogP contribution >= 0.6 is 0 Å². The van der Waals surface area contributed by atoms with Crippen molar-refractivity contribution in [1.29, 1.82) is 0 Å². The summed E-state index contributed by atoms with van der Waals surface area (Å²) < 4.78 is 5.48. The molecular formula is C26H24N4O4. The van der Waals surface area contributed by atoms with E-state index in [0.717, 1.165) is 5.56 Å². The average molecular weight is 457 g/mol. The molecule has 34 heavy (non-hydrogen) atoms. The maximum atomic E-state index is 13.4. The van der Waals surface area contributed by atoms with Crippen LogP contribution in [-0.2, 0) is 20.9 Å². The van der Waals surface area contributed by atoms with E-state index in [1.165, 1.54) is 11.8 Å². The average Bonchev–Trinajstić information content (AvgIpc) is 3.05. The highest BCUT2D eigenvalue weighted by molar-refractivity contribution is 6.36. The van der Waals surface area contributed by atoms with Gasteiger partial charge in [0, 0.05) is 30.7 Å². The van der Waals surface area contributed by atoms with Crippen LogP contribution in [0.5, 0.6) is 5.75 Å². The molecule has 0 saturated heterocycles. The second-order valence-electron chi connectivity index (χ2n) is 7.65. The maximum absolute atomic E-state index is 13.4. The van der Waals surface area contributed by atoms with Crippen molar-refractivity contribution in [3.8, 4) is 5.75 Å². The van der Waals surface area contributed by atoms with Gasteiger partial charge in [-0.2, -0.15) is 0 Å². The molecule has 0 radical (unpaired) electrons. The number of hydrogen-bond acceptors (Lipinski definition) is 6. The van der Waals surface area contributed by atoms with Gasteiger partial charge >= 0.3 is 0 Å². The standard InChI is InChI=1S/C26H24N4O4/c1-3-34-22-12-10-21(11-13-22)29-24-23(19-6-8-20(9-7-19)28-17(2)31)25(32)30(26(24)33)16-18-5-4-14-27-15-18/h4-15,29H,3,16H2,1-2H3,(H,28,31). The first kappa shape index (κ1) is 22.7. The highest BCUT2D eigenvalue weighted by atomic mass is 16.5. The Morgan fingerprint density at radius 2 is 1.68 bits per heavy atom. The van der Waals surface area contributed by atoms with E-state index in [9.17, 15) is 14.4 Å². The quantitative estimate of drug-likeness (QED) is 0.500. The number of pyridine rings is 1. The summed E-state index contributed by atoms with van der Waals surface area (Å²) in [5.41, 5.74) is 3.00. The molecule has 4 rings (SSSR count). The first-order valence-corrected chi connectivity index (χ1v) is 10.8. The lowest BCUT2D eigenvalue weighted by atomic mass is 10.0. The molecule has 0 spiro atoms. The fraction of sp³-hybridized carbons (Fsp3) is 0.154. The van der Waals surface area contributed by atoms with E-state index in [1.54, 1.807) is 67.0 Å². The number of nitrogens with zero attached hydrogens (tertiary/aromatic N) is 2. The van der Waals surface area contributed by atoms with Crippen LogP contribution in [-0.4, -0.2) is 34.2 Å². The van der Waals surface area contributed by atoms with Crippen LogP contribution in [0.3, 0.4) is 0 Å². The molecule has 3 amide bonds. The SMILES string of the molecule is CCOc1ccc(NC2=C(c3ccc(NC(C)=O)cc3)C(=O)N(Cc3cccnc3)C2=O)cc1. The Morgan fingerprint density at radius 3 is 2.29 bits per heavy atom. The number of nitrogens with one attached hydrogen (secondary N) is 2. The third kappa shape index (κ3) is 4.96. The van der Waals surface area contributed by atoms with Crippen molar-refractivity contribution in [1.82, 2.24) is 9.88 Å². The lowest BCUT2D eigenvalue weighted by Gasteiger charge is -2.15. The fourth-order valence-corrected chi connectivity index (χ4v) is 3.65. The Kier molecular flexibility index (Phi) is 6.68. The molecule has 2 aromatic carbocycles. The molecular weight excluding hydrogens is 432 g/mol. The van der Waals surface area contributed by atoms with Gasteiger partial charge in [-0.15, -0.1) is 0 Å². The molecule has 0 atom stereocenters. The number of hydrogen-bond donors (Lipinski definition) is 2. The van der Waals surface area contributed by atoms with Crippen molar-refractivity contribution >= 4 is 34.7 Å². The van der Waals surface area contributed by atoms with Crippen molar-refractivity contribution in [3.63, 3.8) is 0 Å². The van der Waals surface area contributed by atoms with Crippen LogP contribution in [0.4, 0.5) is 11.4 Å². The molecule has 2 heterocycles. The number of aromatic nitrogens is 1. The summed E-state index contributed by atoms with van der Waals surface area (Å²) in [4.78, 5) is 43.4. The monoisotopic (exact) mass is 456 g/mol. The van der Waals surface area contributed by atoms with Gasteiger partial charge in [-0.25, -0.2) is 0 Å². The molecule has 1 aliphatic rings. The van der Waals surface area contributed by atoms with E-state index in [4.69, 9.17) is 4.74 Å². The van der Waals surface area contributed by atoms with Crippen molar-refractivity contribution in [2.75, 3.05) is 17.2 Å². The van der Waals surface area contributed by atoms with Crippen LogP contribution in [0.1, 0.15) is 25.0 Å². The summed E-state index contributed by atoms with van der Waals surface area (Å²) in [6.45, 7) is 3.98. The molecule has 8 nitrogen and oxygen atoms in total. The molecule has 0 fully saturated rings. The maximum Gasteiger partial charge on any atom is 0.278 e. The smallest absolute Gasteiger partial charge is 0.278 e. The van der Waals surface area contributed by atoms with Gasteiger partial charge in [0.15, 0.2) is 0 Å². The van der Waals surface area contributed by atoms with E-state index in [0.29, 0.717) is 29.3 Å². The van der Waals surface area contributed by atoms with Gasteiger partial charge in [0.05, 0.1) is 18.7 Å². The Hall–Kier alpha value is -4.46. The third-order valence-electron chi connectivity index (χ3n) is 5.16. The molecule has 1 aliphatic heterocycles. The summed E-state index contributed by atoms with van der Waals surface area (Å²) in [6.07, 6.45) is 3.26. The van der Waals surface area contributed by atoms with E-state index in [-0.39, 0.29) is 23.7 Å². The third-order valence-corrected chi connectivity index (χ3v) is 5.16. The van der Waals surface area contributed by atoms with Crippen molar-refractivity contribution in [2.24, 2.45) is 0 Å². The van der Waals surface area contributed by atoms with Gasteiger partial charge in [-0.3, -0.25) is 24.3 Å². The van der Waals surface area contributed by atoms with Gasteiger partial charge in [0.25, 0.3) is 11.8 Å². The first-order chi connectivity index (χ1) is 16.5. The van der Waals surface area contributed by atoms with Gasteiger partial charge in [0.1, 0.15) is 11.4 Å². The zero-order valence-electron chi connectivity index (χ0n) is 18.9. The summed E-state index contributed by atoms with van der Waals surface area (Å²) in [5.74, 6) is -0.319. The summed E-state index contributed by atoms with van der Waals surface area (Å²) in [6, 6.07) is 17.5. The van der Waals surface area contributed by atoms with Crippen LogP contribution in [0.15, 0.2) is 78.8 Å². The fourth-order valence-electron chi connectivity index (χ4n) is 3.65. The second kappa shape index (κ2) is 9.99. The van der Waals surface area contributed by atoms with Crippen molar-refractivity contribution < 1.29 is 19.1 Å². The molecule has 0 saturated carbocycles. The zero-order valence-corrected chi connectivity index (χ0v) is 18.9. The molecule has 0 unspecified atom stereocenters. The summed E-state index contributed by atoms with van der Waals surface area (Å²) >= 11 is 0. The number of carbonyl (C=O) groups is 3. The minimum atomic E-state index is -0.427. The lowest BCUT2D eigenvalue weighted by molar-refractivity contribution is -0.137.